The molecule has 9 heteroatoms. The molecule has 162 valence electrons. The van der Waals surface area contributed by atoms with Crippen molar-refractivity contribution in [3.63, 3.8) is 0 Å². The number of imidazole rings is 1. The van der Waals surface area contributed by atoms with E-state index in [9.17, 15) is 18.8 Å². The Balaban J connectivity index is 1.60. The Morgan fingerprint density at radius 1 is 1.03 bits per heavy atom. The van der Waals surface area contributed by atoms with Crippen LogP contribution < -0.4 is 16.2 Å². The monoisotopic (exact) mass is 425 g/mol. The number of halogens is 1. The number of benzene rings is 2. The van der Waals surface area contributed by atoms with Gasteiger partial charge in [-0.2, -0.15) is 0 Å². The zero-order chi connectivity index (χ0) is 22.5. The Bertz CT molecular complexity index is 1130. The minimum Gasteiger partial charge on any atom is -0.340 e. The molecule has 3 rings (SSSR count). The van der Waals surface area contributed by atoms with Crippen molar-refractivity contribution < 1.29 is 18.8 Å². The number of amides is 3. The average Bonchev–Trinajstić information content (AvgIpc) is 3.05. The summed E-state index contributed by atoms with van der Waals surface area (Å²) in [7, 11) is 1.81. The van der Waals surface area contributed by atoms with E-state index in [0.717, 1.165) is 11.0 Å². The summed E-state index contributed by atoms with van der Waals surface area (Å²) in [6.45, 7) is 3.46. The predicted octanol–water partition coefficient (Wildman–Crippen LogP) is 1.86. The first kappa shape index (κ1) is 21.9. The SMILES string of the molecule is CC(C)[C@H](NC(=O)c1ccccc1F)C(=O)NNC(=O)Cc1nc2ccccc2n1C. The maximum absolute atomic E-state index is 13.8. The molecule has 3 amide bonds. The lowest BCUT2D eigenvalue weighted by atomic mass is 10.0. The van der Waals surface area contributed by atoms with Crippen LogP contribution in [0.1, 0.15) is 30.0 Å². The first-order valence-corrected chi connectivity index (χ1v) is 9.82. The number of carbonyl (C=O) groups is 3. The van der Waals surface area contributed by atoms with Crippen LogP contribution in [0.15, 0.2) is 48.5 Å². The summed E-state index contributed by atoms with van der Waals surface area (Å²) < 4.78 is 15.6. The molecule has 8 nitrogen and oxygen atoms in total. The molecule has 0 saturated heterocycles. The molecule has 0 spiro atoms. The molecule has 0 unspecified atom stereocenters. The van der Waals surface area contributed by atoms with E-state index in [0.29, 0.717) is 5.82 Å². The maximum Gasteiger partial charge on any atom is 0.261 e. The van der Waals surface area contributed by atoms with E-state index in [-0.39, 0.29) is 17.9 Å². The summed E-state index contributed by atoms with van der Waals surface area (Å²) in [6, 6.07) is 12.0. The lowest BCUT2D eigenvalue weighted by Gasteiger charge is -2.22. The normalized spacial score (nSPS) is 11.9. The lowest BCUT2D eigenvalue weighted by Crippen LogP contribution is -2.54. The van der Waals surface area contributed by atoms with Crippen LogP contribution in [-0.4, -0.2) is 33.3 Å². The Kier molecular flexibility index (Phi) is 6.64. The van der Waals surface area contributed by atoms with Crippen molar-refractivity contribution in [2.75, 3.05) is 0 Å². The third-order valence-corrected chi connectivity index (χ3v) is 4.88. The van der Waals surface area contributed by atoms with Crippen molar-refractivity contribution in [1.29, 1.82) is 0 Å². The van der Waals surface area contributed by atoms with E-state index in [2.05, 4.69) is 21.2 Å². The van der Waals surface area contributed by atoms with Gasteiger partial charge in [-0.15, -0.1) is 0 Å². The van der Waals surface area contributed by atoms with E-state index in [1.54, 1.807) is 13.8 Å². The minimum absolute atomic E-state index is 0.0423. The Labute approximate surface area is 178 Å². The molecule has 3 N–H and O–H groups in total. The second-order valence-electron chi connectivity index (χ2n) is 7.46. The van der Waals surface area contributed by atoms with Gasteiger partial charge in [0.05, 0.1) is 23.0 Å². The first-order valence-electron chi connectivity index (χ1n) is 9.82. The van der Waals surface area contributed by atoms with Crippen LogP contribution in [0.2, 0.25) is 0 Å². The van der Waals surface area contributed by atoms with Gasteiger partial charge in [-0.05, 0) is 30.2 Å². The molecule has 0 saturated carbocycles. The van der Waals surface area contributed by atoms with Crippen LogP contribution in [0, 0.1) is 11.7 Å². The van der Waals surface area contributed by atoms with Gasteiger partial charge in [-0.1, -0.05) is 38.1 Å². The number of nitrogens with one attached hydrogen (secondary N) is 3. The quantitative estimate of drug-likeness (QED) is 0.524. The van der Waals surface area contributed by atoms with E-state index in [4.69, 9.17) is 0 Å². The number of nitrogens with zero attached hydrogens (tertiary/aromatic N) is 2. The topological polar surface area (TPSA) is 105 Å². The number of aryl methyl sites for hydroxylation is 1. The van der Waals surface area contributed by atoms with Crippen molar-refractivity contribution in [3.8, 4) is 0 Å². The fourth-order valence-electron chi connectivity index (χ4n) is 3.15. The Morgan fingerprint density at radius 2 is 1.71 bits per heavy atom. The molecule has 0 aliphatic carbocycles. The van der Waals surface area contributed by atoms with Crippen LogP contribution in [0.25, 0.3) is 11.0 Å². The molecule has 1 heterocycles. The van der Waals surface area contributed by atoms with E-state index < -0.39 is 29.6 Å². The minimum atomic E-state index is -0.969. The molecule has 31 heavy (non-hydrogen) atoms. The molecule has 0 fully saturated rings. The zero-order valence-electron chi connectivity index (χ0n) is 17.5. The van der Waals surface area contributed by atoms with E-state index in [1.165, 1.54) is 24.3 Å². The molecule has 0 aliphatic rings. The second kappa shape index (κ2) is 9.38. The summed E-state index contributed by atoms with van der Waals surface area (Å²) >= 11 is 0. The first-order chi connectivity index (χ1) is 14.8. The van der Waals surface area contributed by atoms with Gasteiger partial charge in [0, 0.05) is 7.05 Å². The van der Waals surface area contributed by atoms with Gasteiger partial charge in [-0.25, -0.2) is 9.37 Å². The van der Waals surface area contributed by atoms with Gasteiger partial charge in [0.15, 0.2) is 0 Å². The van der Waals surface area contributed by atoms with Crippen molar-refractivity contribution >= 4 is 28.8 Å². The van der Waals surface area contributed by atoms with E-state index >= 15 is 0 Å². The van der Waals surface area contributed by atoms with Crippen LogP contribution in [0.5, 0.6) is 0 Å². The average molecular weight is 425 g/mol. The second-order valence-corrected chi connectivity index (χ2v) is 7.46. The van der Waals surface area contributed by atoms with Gasteiger partial charge in [-0.3, -0.25) is 25.2 Å². The van der Waals surface area contributed by atoms with Gasteiger partial charge in [0.1, 0.15) is 17.7 Å². The highest BCUT2D eigenvalue weighted by molar-refractivity contribution is 5.98. The van der Waals surface area contributed by atoms with Crippen molar-refractivity contribution in [2.24, 2.45) is 13.0 Å². The fourth-order valence-corrected chi connectivity index (χ4v) is 3.15. The highest BCUT2D eigenvalue weighted by Crippen LogP contribution is 2.14. The van der Waals surface area contributed by atoms with Crippen molar-refractivity contribution in [2.45, 2.75) is 26.3 Å². The largest absolute Gasteiger partial charge is 0.340 e. The van der Waals surface area contributed by atoms with Gasteiger partial charge >= 0.3 is 0 Å². The lowest BCUT2D eigenvalue weighted by molar-refractivity contribution is -0.130. The number of rotatable bonds is 6. The predicted molar refractivity (Wildman–Crippen MR) is 113 cm³/mol. The molecular weight excluding hydrogens is 401 g/mol. The van der Waals surface area contributed by atoms with Crippen molar-refractivity contribution in [3.05, 3.63) is 65.7 Å². The number of fused-ring (bicyclic) bond motifs is 1. The number of aromatic nitrogens is 2. The molecule has 0 bridgehead atoms. The highest BCUT2D eigenvalue weighted by Gasteiger charge is 2.26. The molecular formula is C22H24FN5O3. The van der Waals surface area contributed by atoms with Gasteiger partial charge < -0.3 is 9.88 Å². The molecule has 1 aromatic heterocycles. The molecule has 3 aromatic rings. The van der Waals surface area contributed by atoms with Gasteiger partial charge in [0.2, 0.25) is 5.91 Å². The fraction of sp³-hybridized carbons (Fsp3) is 0.273. The standard InChI is InChI=1S/C22H24FN5O3/c1-13(2)20(25-21(30)14-8-4-5-9-15(14)23)22(31)27-26-19(29)12-18-24-16-10-6-7-11-17(16)28(18)3/h4-11,13,20H,12H2,1-3H3,(H,25,30)(H,26,29)(H,27,31)/t20-/m0/s1. The summed E-state index contributed by atoms with van der Waals surface area (Å²) in [4.78, 5) is 41.6. The van der Waals surface area contributed by atoms with Crippen LogP contribution in [0.3, 0.4) is 0 Å². The van der Waals surface area contributed by atoms with Crippen LogP contribution in [-0.2, 0) is 23.1 Å². The summed E-state index contributed by atoms with van der Waals surface area (Å²) in [6.07, 6.45) is -0.0423. The zero-order valence-corrected chi connectivity index (χ0v) is 17.5. The number of carbonyl (C=O) groups excluding carboxylic acids is 3. The molecule has 2 aromatic carbocycles. The number of hydrazine groups is 1. The smallest absolute Gasteiger partial charge is 0.261 e. The third-order valence-electron chi connectivity index (χ3n) is 4.88. The summed E-state index contributed by atoms with van der Waals surface area (Å²) in [5, 5.41) is 2.51. The third kappa shape index (κ3) is 5.06. The molecule has 1 atom stereocenters. The number of hydrogen-bond acceptors (Lipinski definition) is 4. The van der Waals surface area contributed by atoms with Crippen LogP contribution in [0.4, 0.5) is 4.39 Å². The summed E-state index contributed by atoms with van der Waals surface area (Å²) in [5.74, 6) is -2.22. The Morgan fingerprint density at radius 3 is 2.39 bits per heavy atom. The van der Waals surface area contributed by atoms with Crippen LogP contribution >= 0.6 is 0 Å². The maximum atomic E-state index is 13.8. The van der Waals surface area contributed by atoms with E-state index in [1.807, 2.05) is 35.9 Å². The number of para-hydroxylation sites is 2. The number of hydrogen-bond donors (Lipinski definition) is 3. The van der Waals surface area contributed by atoms with Crippen molar-refractivity contribution in [1.82, 2.24) is 25.7 Å². The molecule has 0 aliphatic heterocycles. The van der Waals surface area contributed by atoms with Gasteiger partial charge in [0.25, 0.3) is 11.8 Å². The molecule has 0 radical (unpaired) electrons. The summed E-state index contributed by atoms with van der Waals surface area (Å²) in [5.41, 5.74) is 6.17. The Hall–Kier alpha value is -3.75. The highest BCUT2D eigenvalue weighted by atomic mass is 19.1.